The van der Waals surface area contributed by atoms with Crippen molar-refractivity contribution in [2.45, 2.75) is 32.7 Å². The zero-order valence-electron chi connectivity index (χ0n) is 18.3. The molecule has 2 amide bonds. The topological polar surface area (TPSA) is 121 Å². The van der Waals surface area contributed by atoms with Crippen LogP contribution in [-0.2, 0) is 11.8 Å². The fourth-order valence-electron chi connectivity index (χ4n) is 3.68. The molecule has 0 bridgehead atoms. The smallest absolute Gasteiger partial charge is 0.280 e. The first-order valence-electron chi connectivity index (χ1n) is 10.2. The van der Waals surface area contributed by atoms with Crippen molar-refractivity contribution in [3.8, 4) is 11.1 Å². The first kappa shape index (κ1) is 23.8. The minimum Gasteiger partial charge on any atom is -0.365 e. The van der Waals surface area contributed by atoms with Gasteiger partial charge in [-0.05, 0) is 25.0 Å². The van der Waals surface area contributed by atoms with E-state index in [-0.39, 0.29) is 15.4 Å². The second-order valence-electron chi connectivity index (χ2n) is 7.57. The molecule has 4 aromatic heterocycles. The van der Waals surface area contributed by atoms with Crippen LogP contribution in [-0.4, -0.2) is 36.4 Å². The Morgan fingerprint density at radius 2 is 2.00 bits per heavy atom. The van der Waals surface area contributed by atoms with Gasteiger partial charge in [0.15, 0.2) is 0 Å². The second kappa shape index (κ2) is 9.11. The van der Waals surface area contributed by atoms with Crippen molar-refractivity contribution in [1.29, 1.82) is 0 Å². The minimum atomic E-state index is -2.84. The number of halogens is 3. The van der Waals surface area contributed by atoms with Gasteiger partial charge in [0.05, 0.1) is 23.1 Å². The molecule has 4 aromatic rings. The number of aryl methyl sites for hydroxylation is 1. The maximum absolute atomic E-state index is 13.7. The molecule has 0 spiro atoms. The van der Waals surface area contributed by atoms with E-state index < -0.39 is 30.0 Å². The van der Waals surface area contributed by atoms with E-state index in [4.69, 9.17) is 17.3 Å². The van der Waals surface area contributed by atoms with Crippen molar-refractivity contribution in [3.63, 3.8) is 0 Å². The predicted molar refractivity (Wildman–Crippen MR) is 125 cm³/mol. The number of carbonyl (C=O) groups is 2. The summed E-state index contributed by atoms with van der Waals surface area (Å²) in [6.07, 6.45) is 1.99. The van der Waals surface area contributed by atoms with Gasteiger partial charge < -0.3 is 11.1 Å². The van der Waals surface area contributed by atoms with E-state index in [1.165, 1.54) is 29.3 Å². The van der Waals surface area contributed by atoms with E-state index >= 15 is 0 Å². The van der Waals surface area contributed by atoms with Gasteiger partial charge >= 0.3 is 0 Å². The molecule has 178 valence electrons. The largest absolute Gasteiger partial charge is 0.365 e. The summed E-state index contributed by atoms with van der Waals surface area (Å²) < 4.78 is 30.3. The third-order valence-electron chi connectivity index (χ3n) is 5.48. The van der Waals surface area contributed by atoms with Crippen molar-refractivity contribution >= 4 is 50.7 Å². The summed E-state index contributed by atoms with van der Waals surface area (Å²) in [6, 6.07) is 0.509. The summed E-state index contributed by atoms with van der Waals surface area (Å²) in [6.45, 7) is 3.58. The molecule has 34 heavy (non-hydrogen) atoms. The number of alkyl halides is 2. The summed E-state index contributed by atoms with van der Waals surface area (Å²) in [5.41, 5.74) is 6.87. The zero-order valence-corrected chi connectivity index (χ0v) is 19.9. The van der Waals surface area contributed by atoms with Gasteiger partial charge in [0, 0.05) is 29.9 Å². The minimum absolute atomic E-state index is 0.00147. The SMILES string of the molecule is CCC(C(=O)Nc1c(C(N)=O)sc2nc(C(F)F)cc(-c3cnn(C)c3C)c12)n1cc(Cl)cn1. The Morgan fingerprint density at radius 1 is 1.26 bits per heavy atom. The number of fused-ring (bicyclic) bond motifs is 1. The number of rotatable bonds is 7. The average Bonchev–Trinajstić information content (AvgIpc) is 3.46. The molecule has 4 rings (SSSR count). The number of nitrogens with one attached hydrogen (secondary N) is 1. The quantitative estimate of drug-likeness (QED) is 0.382. The number of nitrogens with two attached hydrogens (primary N) is 1. The number of carbonyl (C=O) groups excluding carboxylic acids is 2. The summed E-state index contributed by atoms with van der Waals surface area (Å²) in [4.78, 5) is 29.7. The van der Waals surface area contributed by atoms with Crippen molar-refractivity contribution in [1.82, 2.24) is 24.5 Å². The molecule has 9 nitrogen and oxygen atoms in total. The summed E-state index contributed by atoms with van der Waals surface area (Å²) in [5.74, 6) is -1.29. The molecule has 0 radical (unpaired) electrons. The normalized spacial score (nSPS) is 12.4. The van der Waals surface area contributed by atoms with E-state index in [0.717, 1.165) is 11.3 Å². The monoisotopic (exact) mass is 507 g/mol. The van der Waals surface area contributed by atoms with E-state index in [1.807, 2.05) is 0 Å². The standard InChI is InChI=1S/C21H20ClF2N7O2S/c1-4-14(31-8-10(22)6-27-31)20(33)29-16-15-11(12-7-26-30(3)9(12)2)5-13(18(23)24)28-21(15)34-17(16)19(25)32/h5-8,14,18H,4H2,1-3H3,(H2,25,32)(H,29,33). The van der Waals surface area contributed by atoms with Gasteiger partial charge in [0.2, 0.25) is 5.91 Å². The molecular weight excluding hydrogens is 488 g/mol. The van der Waals surface area contributed by atoms with Crippen molar-refractivity contribution in [2.24, 2.45) is 12.8 Å². The molecular formula is C21H20ClF2N7O2S. The van der Waals surface area contributed by atoms with Crippen LogP contribution in [0, 0.1) is 6.92 Å². The highest BCUT2D eigenvalue weighted by molar-refractivity contribution is 7.21. The molecule has 13 heteroatoms. The molecule has 0 aliphatic carbocycles. The van der Waals surface area contributed by atoms with Crippen molar-refractivity contribution in [2.75, 3.05) is 5.32 Å². The molecule has 3 N–H and O–H groups in total. The highest BCUT2D eigenvalue weighted by Crippen LogP contribution is 2.43. The third-order valence-corrected chi connectivity index (χ3v) is 6.77. The molecule has 0 saturated carbocycles. The number of nitrogens with zero attached hydrogens (tertiary/aromatic N) is 5. The lowest BCUT2D eigenvalue weighted by Crippen LogP contribution is -2.27. The molecule has 0 aromatic carbocycles. The lowest BCUT2D eigenvalue weighted by atomic mass is 10.0. The van der Waals surface area contributed by atoms with E-state index in [9.17, 15) is 18.4 Å². The van der Waals surface area contributed by atoms with Gasteiger partial charge in [-0.25, -0.2) is 13.8 Å². The van der Waals surface area contributed by atoms with Crippen LogP contribution < -0.4 is 11.1 Å². The number of thiophene rings is 1. The Balaban J connectivity index is 1.93. The third kappa shape index (κ3) is 4.14. The van der Waals surface area contributed by atoms with Gasteiger partial charge in [0.25, 0.3) is 12.3 Å². The van der Waals surface area contributed by atoms with Gasteiger partial charge in [0.1, 0.15) is 21.4 Å². The van der Waals surface area contributed by atoms with Crippen LogP contribution in [0.1, 0.15) is 46.9 Å². The average molecular weight is 508 g/mol. The number of pyridine rings is 1. The number of anilines is 1. The Labute approximate surface area is 201 Å². The number of primary amides is 1. The van der Waals surface area contributed by atoms with Gasteiger partial charge in [-0.3, -0.25) is 19.0 Å². The number of hydrogen-bond donors (Lipinski definition) is 2. The van der Waals surface area contributed by atoms with E-state index in [1.54, 1.807) is 25.6 Å². The molecule has 0 aliphatic rings. The summed E-state index contributed by atoms with van der Waals surface area (Å²) >= 11 is 6.79. The van der Waals surface area contributed by atoms with Crippen LogP contribution in [0.15, 0.2) is 24.7 Å². The van der Waals surface area contributed by atoms with Crippen LogP contribution in [0.25, 0.3) is 21.3 Å². The highest BCUT2D eigenvalue weighted by Gasteiger charge is 2.28. The van der Waals surface area contributed by atoms with Gasteiger partial charge in [-0.15, -0.1) is 11.3 Å². The first-order valence-corrected chi connectivity index (χ1v) is 11.4. The summed E-state index contributed by atoms with van der Waals surface area (Å²) in [7, 11) is 1.72. The number of hydrogen-bond acceptors (Lipinski definition) is 6. The van der Waals surface area contributed by atoms with Crippen molar-refractivity contribution in [3.05, 3.63) is 45.9 Å². The van der Waals surface area contributed by atoms with E-state index in [0.29, 0.717) is 33.7 Å². The highest BCUT2D eigenvalue weighted by atomic mass is 35.5. The number of aromatic nitrogens is 5. The van der Waals surface area contributed by atoms with Crippen LogP contribution in [0.3, 0.4) is 0 Å². The molecule has 4 heterocycles. The molecule has 0 saturated heterocycles. The number of amides is 2. The van der Waals surface area contributed by atoms with Crippen LogP contribution in [0.4, 0.5) is 14.5 Å². The molecule has 1 atom stereocenters. The van der Waals surface area contributed by atoms with E-state index in [2.05, 4.69) is 20.5 Å². The fraction of sp³-hybridized carbons (Fsp3) is 0.286. The second-order valence-corrected chi connectivity index (χ2v) is 9.00. The lowest BCUT2D eigenvalue weighted by molar-refractivity contribution is -0.119. The Hall–Kier alpha value is -3.38. The maximum Gasteiger partial charge on any atom is 0.280 e. The maximum atomic E-state index is 13.7. The van der Waals surface area contributed by atoms with Gasteiger partial charge in [-0.1, -0.05) is 18.5 Å². The van der Waals surface area contributed by atoms with Crippen molar-refractivity contribution < 1.29 is 18.4 Å². The lowest BCUT2D eigenvalue weighted by Gasteiger charge is -2.16. The first-order chi connectivity index (χ1) is 16.1. The zero-order chi connectivity index (χ0) is 24.7. The van der Waals surface area contributed by atoms with Crippen LogP contribution in [0.2, 0.25) is 5.02 Å². The fourth-order valence-corrected chi connectivity index (χ4v) is 4.84. The molecule has 0 fully saturated rings. The van der Waals surface area contributed by atoms with Gasteiger partial charge in [-0.2, -0.15) is 10.2 Å². The predicted octanol–water partition coefficient (Wildman–Crippen LogP) is 4.48. The Kier molecular flexibility index (Phi) is 6.36. The Morgan fingerprint density at radius 3 is 2.53 bits per heavy atom. The summed E-state index contributed by atoms with van der Waals surface area (Å²) in [5, 5.41) is 11.8. The van der Waals surface area contributed by atoms with Crippen LogP contribution >= 0.6 is 22.9 Å². The van der Waals surface area contributed by atoms with Crippen LogP contribution in [0.5, 0.6) is 0 Å². The molecule has 1 unspecified atom stereocenters. The Bertz CT molecular complexity index is 1410. The molecule has 0 aliphatic heterocycles.